The van der Waals surface area contributed by atoms with Gasteiger partial charge in [-0.1, -0.05) is 165 Å². The van der Waals surface area contributed by atoms with Crippen molar-refractivity contribution in [2.45, 2.75) is 37.5 Å². The zero-order chi connectivity index (χ0) is 40.8. The summed E-state index contributed by atoms with van der Waals surface area (Å²) in [7, 11) is 0. The lowest BCUT2D eigenvalue weighted by Gasteiger charge is -2.36. The van der Waals surface area contributed by atoms with Crippen LogP contribution in [-0.2, 0) is 5.41 Å². The van der Waals surface area contributed by atoms with Crippen molar-refractivity contribution in [2.75, 3.05) is 0 Å². The van der Waals surface area contributed by atoms with Crippen molar-refractivity contribution in [1.29, 1.82) is 0 Å². The van der Waals surface area contributed by atoms with Gasteiger partial charge in [-0.05, 0) is 87.7 Å². The number of fused-ring (bicyclic) bond motifs is 11. The molecule has 294 valence electrons. The molecule has 1 saturated carbocycles. The van der Waals surface area contributed by atoms with E-state index in [9.17, 15) is 0 Å². The molecule has 0 radical (unpaired) electrons. The fraction of sp³-hybridized carbons (Fsp3) is 0.105. The summed E-state index contributed by atoms with van der Waals surface area (Å²) in [6, 6.07) is 62.4. The van der Waals surface area contributed by atoms with Crippen LogP contribution in [0, 0.1) is 0 Å². The molecule has 2 aliphatic carbocycles. The van der Waals surface area contributed by atoms with Gasteiger partial charge in [-0.2, -0.15) is 0 Å². The van der Waals surface area contributed by atoms with Crippen molar-refractivity contribution in [3.8, 4) is 67.5 Å². The number of hydrogen-bond donors (Lipinski definition) is 0. The van der Waals surface area contributed by atoms with Crippen LogP contribution in [0.15, 0.2) is 185 Å². The van der Waals surface area contributed by atoms with E-state index in [2.05, 4.69) is 115 Å². The molecule has 5 heteroatoms. The highest BCUT2D eigenvalue weighted by molar-refractivity contribution is 6.10. The Morgan fingerprint density at radius 2 is 0.790 bits per heavy atom. The van der Waals surface area contributed by atoms with E-state index in [4.69, 9.17) is 23.8 Å². The number of nitrogens with zero attached hydrogens (tertiary/aromatic N) is 3. The van der Waals surface area contributed by atoms with Crippen LogP contribution >= 0.6 is 0 Å². The van der Waals surface area contributed by atoms with Crippen LogP contribution in [-0.4, -0.2) is 15.0 Å². The topological polar surface area (TPSA) is 65.0 Å². The number of aromatic nitrogens is 3. The predicted octanol–water partition coefficient (Wildman–Crippen LogP) is 15.2. The van der Waals surface area contributed by atoms with Crippen LogP contribution in [0.3, 0.4) is 0 Å². The molecule has 11 aromatic rings. The minimum absolute atomic E-state index is 0.175. The van der Waals surface area contributed by atoms with E-state index in [1.54, 1.807) is 0 Å². The van der Waals surface area contributed by atoms with Crippen molar-refractivity contribution in [1.82, 2.24) is 15.0 Å². The molecular weight excluding hydrogens is 759 g/mol. The van der Waals surface area contributed by atoms with Crippen LogP contribution in [0.2, 0.25) is 0 Å². The van der Waals surface area contributed by atoms with Gasteiger partial charge >= 0.3 is 0 Å². The molecule has 1 fully saturated rings. The van der Waals surface area contributed by atoms with E-state index in [0.717, 1.165) is 71.7 Å². The Morgan fingerprint density at radius 1 is 0.339 bits per heavy atom. The highest BCUT2D eigenvalue weighted by Gasteiger charge is 2.43. The molecular formula is C57H39N3O2. The Balaban J connectivity index is 0.875. The van der Waals surface area contributed by atoms with Gasteiger partial charge in [0, 0.05) is 32.5 Å². The number of hydrogen-bond acceptors (Lipinski definition) is 5. The summed E-state index contributed by atoms with van der Waals surface area (Å²) >= 11 is 0. The second kappa shape index (κ2) is 13.7. The molecule has 2 aliphatic rings. The molecule has 3 aromatic heterocycles. The molecule has 62 heavy (non-hydrogen) atoms. The van der Waals surface area contributed by atoms with E-state index >= 15 is 0 Å². The molecule has 0 atom stereocenters. The molecule has 0 aliphatic heterocycles. The number of benzene rings is 8. The van der Waals surface area contributed by atoms with E-state index in [0.29, 0.717) is 17.5 Å². The minimum atomic E-state index is 0.175. The first-order valence-electron chi connectivity index (χ1n) is 21.7. The van der Waals surface area contributed by atoms with E-state index < -0.39 is 0 Å². The Bertz CT molecular complexity index is 3420. The lowest BCUT2D eigenvalue weighted by Crippen LogP contribution is -2.27. The largest absolute Gasteiger partial charge is 0.455 e. The third-order valence-electron chi connectivity index (χ3n) is 13.6. The maximum absolute atomic E-state index is 6.48. The van der Waals surface area contributed by atoms with Crippen LogP contribution in [0.25, 0.3) is 111 Å². The highest BCUT2D eigenvalue weighted by Crippen LogP contribution is 2.56. The second-order valence-corrected chi connectivity index (χ2v) is 17.0. The van der Waals surface area contributed by atoms with E-state index in [-0.39, 0.29) is 5.41 Å². The monoisotopic (exact) mass is 797 g/mol. The SMILES string of the molecule is c1ccc2c(c1)-c1cc(-c3ccc(-c4ccc(-c5nc(-c6cccc7c6oc6ccccc67)nc(-c6cccc7c6oc6ccccc67)n5)cc4)cc3)ccc1C21CCCCC1. The summed E-state index contributed by atoms with van der Waals surface area (Å²) in [5.41, 5.74) is 16.4. The molecule has 0 saturated heterocycles. The van der Waals surface area contributed by atoms with Gasteiger partial charge < -0.3 is 8.83 Å². The molecule has 0 bridgehead atoms. The van der Waals surface area contributed by atoms with Crippen LogP contribution in [0.1, 0.15) is 43.2 Å². The van der Waals surface area contributed by atoms with Crippen molar-refractivity contribution in [3.05, 3.63) is 187 Å². The maximum Gasteiger partial charge on any atom is 0.167 e. The van der Waals surface area contributed by atoms with Crippen LogP contribution < -0.4 is 0 Å². The normalized spacial score (nSPS) is 14.3. The summed E-state index contributed by atoms with van der Waals surface area (Å²) in [4.78, 5) is 15.4. The third-order valence-corrected chi connectivity index (χ3v) is 13.6. The average Bonchev–Trinajstić information content (AvgIpc) is 4.00. The first kappa shape index (κ1) is 35.2. The molecule has 0 amide bonds. The van der Waals surface area contributed by atoms with E-state index in [1.807, 2.05) is 60.7 Å². The Kier molecular flexibility index (Phi) is 7.77. The maximum atomic E-state index is 6.48. The van der Waals surface area contributed by atoms with Crippen molar-refractivity contribution in [2.24, 2.45) is 0 Å². The summed E-state index contributed by atoms with van der Waals surface area (Å²) in [6.07, 6.45) is 6.44. The van der Waals surface area contributed by atoms with Crippen LogP contribution in [0.5, 0.6) is 0 Å². The molecule has 5 nitrogen and oxygen atoms in total. The van der Waals surface area contributed by atoms with Gasteiger partial charge in [0.1, 0.15) is 22.3 Å². The Morgan fingerprint density at radius 3 is 1.40 bits per heavy atom. The second-order valence-electron chi connectivity index (χ2n) is 17.0. The molecule has 0 unspecified atom stereocenters. The molecule has 1 spiro atoms. The number of rotatable bonds is 5. The third kappa shape index (κ3) is 5.37. The fourth-order valence-electron chi connectivity index (χ4n) is 10.6. The Hall–Kier alpha value is -7.63. The number of furan rings is 2. The molecule has 0 N–H and O–H groups in total. The molecule has 3 heterocycles. The zero-order valence-corrected chi connectivity index (χ0v) is 33.9. The first-order chi connectivity index (χ1) is 30.7. The summed E-state index contributed by atoms with van der Waals surface area (Å²) in [6.45, 7) is 0. The van der Waals surface area contributed by atoms with Gasteiger partial charge in [-0.3, -0.25) is 0 Å². The average molecular weight is 798 g/mol. The Labute approximate surface area is 358 Å². The van der Waals surface area contributed by atoms with E-state index in [1.165, 1.54) is 65.5 Å². The zero-order valence-electron chi connectivity index (χ0n) is 33.9. The lowest BCUT2D eigenvalue weighted by atomic mass is 9.68. The van der Waals surface area contributed by atoms with Crippen molar-refractivity contribution in [3.63, 3.8) is 0 Å². The van der Waals surface area contributed by atoms with Gasteiger partial charge in [0.05, 0.1) is 11.1 Å². The van der Waals surface area contributed by atoms with Crippen LogP contribution in [0.4, 0.5) is 0 Å². The number of para-hydroxylation sites is 4. The van der Waals surface area contributed by atoms with Gasteiger partial charge in [-0.15, -0.1) is 0 Å². The van der Waals surface area contributed by atoms with Gasteiger partial charge in [-0.25, -0.2) is 15.0 Å². The molecule has 8 aromatic carbocycles. The predicted molar refractivity (Wildman–Crippen MR) is 251 cm³/mol. The molecule has 13 rings (SSSR count). The fourth-order valence-corrected chi connectivity index (χ4v) is 10.6. The van der Waals surface area contributed by atoms with Gasteiger partial charge in [0.25, 0.3) is 0 Å². The lowest BCUT2D eigenvalue weighted by molar-refractivity contribution is 0.353. The van der Waals surface area contributed by atoms with Gasteiger partial charge in [0.15, 0.2) is 17.5 Å². The first-order valence-corrected chi connectivity index (χ1v) is 21.7. The smallest absolute Gasteiger partial charge is 0.167 e. The van der Waals surface area contributed by atoms with Crippen molar-refractivity contribution >= 4 is 43.9 Å². The summed E-state index contributed by atoms with van der Waals surface area (Å²) in [5, 5.41) is 4.15. The quantitative estimate of drug-likeness (QED) is 0.174. The van der Waals surface area contributed by atoms with Crippen molar-refractivity contribution < 1.29 is 8.83 Å². The standard InChI is InChI=1S/C57H39N3O2/c1-8-32-57(33-9-1)48-19-5-2-12-40(48)47-34-39(30-31-49(47)57)37-24-22-35(23-25-37)36-26-28-38(29-27-36)54-58-55(45-17-10-15-43-41-13-3-6-20-50(41)61-52(43)45)60-56(59-54)46-18-11-16-44-42-14-4-7-21-51(42)62-53(44)46/h2-7,10-31,34H,1,8-9,32-33H2. The van der Waals surface area contributed by atoms with Gasteiger partial charge in [0.2, 0.25) is 0 Å². The highest BCUT2D eigenvalue weighted by atomic mass is 16.3. The summed E-state index contributed by atoms with van der Waals surface area (Å²) < 4.78 is 13.0. The summed E-state index contributed by atoms with van der Waals surface area (Å²) in [5.74, 6) is 1.64. The minimum Gasteiger partial charge on any atom is -0.455 e.